The second-order valence-corrected chi connectivity index (χ2v) is 5.91. The molecule has 0 aromatic rings. The lowest BCUT2D eigenvalue weighted by molar-refractivity contribution is -0.128. The molecule has 0 saturated carbocycles. The van der Waals surface area contributed by atoms with Gasteiger partial charge in [-0.3, -0.25) is 4.79 Å². The predicted octanol–water partition coefficient (Wildman–Crippen LogP) is 1.55. The first-order valence-corrected chi connectivity index (χ1v) is 6.15. The van der Waals surface area contributed by atoms with Crippen LogP contribution in [0.1, 0.15) is 41.0 Å². The Hall–Kier alpha value is -0.610. The molecule has 1 amide bonds. The van der Waals surface area contributed by atoms with Crippen molar-refractivity contribution in [3.63, 3.8) is 0 Å². The van der Waals surface area contributed by atoms with E-state index < -0.39 is 0 Å². The maximum Gasteiger partial charge on any atom is 0.226 e. The van der Waals surface area contributed by atoms with E-state index in [9.17, 15) is 4.79 Å². The summed E-state index contributed by atoms with van der Waals surface area (Å²) in [5.41, 5.74) is -0.524. The summed E-state index contributed by atoms with van der Waals surface area (Å²) in [6.45, 7) is 10.8. The topological polar surface area (TPSA) is 50.4 Å². The standard InChI is InChI=1S/C13H28N2O2/c1-10(8-13(4,5)17-7)15-9-12(2,3)11(16)14-6/h10,15H,8-9H2,1-7H3,(H,14,16). The number of amides is 1. The minimum atomic E-state index is -0.389. The molecular weight excluding hydrogens is 216 g/mol. The summed E-state index contributed by atoms with van der Waals surface area (Å²) in [6.07, 6.45) is 0.910. The molecule has 0 aliphatic heterocycles. The molecule has 102 valence electrons. The molecule has 0 aliphatic carbocycles. The molecule has 0 fully saturated rings. The average molecular weight is 244 g/mol. The summed E-state index contributed by atoms with van der Waals surface area (Å²) in [5, 5.41) is 6.07. The van der Waals surface area contributed by atoms with Crippen LogP contribution in [0.5, 0.6) is 0 Å². The summed E-state index contributed by atoms with van der Waals surface area (Å²) in [5.74, 6) is 0.0585. The van der Waals surface area contributed by atoms with E-state index in [0.717, 1.165) is 6.42 Å². The molecule has 0 spiro atoms. The molecular formula is C13H28N2O2. The van der Waals surface area contributed by atoms with Crippen LogP contribution in [0.15, 0.2) is 0 Å². The molecule has 1 atom stereocenters. The Balaban J connectivity index is 4.16. The molecule has 0 heterocycles. The molecule has 1 unspecified atom stereocenters. The highest BCUT2D eigenvalue weighted by molar-refractivity contribution is 5.81. The Labute approximate surface area is 105 Å². The zero-order chi connectivity index (χ0) is 13.7. The van der Waals surface area contributed by atoms with Gasteiger partial charge in [-0.2, -0.15) is 0 Å². The third kappa shape index (κ3) is 6.03. The number of ether oxygens (including phenoxy) is 1. The molecule has 0 aromatic carbocycles. The van der Waals surface area contributed by atoms with Gasteiger partial charge in [0.1, 0.15) is 0 Å². The molecule has 0 bridgehead atoms. The van der Waals surface area contributed by atoms with Crippen molar-refractivity contribution >= 4 is 5.91 Å². The Kier molecular flexibility index (Phi) is 6.13. The van der Waals surface area contributed by atoms with E-state index in [4.69, 9.17) is 4.74 Å². The Morgan fingerprint density at radius 2 is 1.82 bits per heavy atom. The fraction of sp³-hybridized carbons (Fsp3) is 0.923. The lowest BCUT2D eigenvalue weighted by Crippen LogP contribution is -2.45. The maximum atomic E-state index is 11.6. The van der Waals surface area contributed by atoms with Crippen LogP contribution in [0, 0.1) is 5.41 Å². The molecule has 0 radical (unpaired) electrons. The number of hydrogen-bond acceptors (Lipinski definition) is 3. The van der Waals surface area contributed by atoms with Crippen LogP contribution >= 0.6 is 0 Å². The lowest BCUT2D eigenvalue weighted by atomic mass is 9.91. The SMILES string of the molecule is CNC(=O)C(C)(C)CNC(C)CC(C)(C)OC. The van der Waals surface area contributed by atoms with Crippen LogP contribution in [0.2, 0.25) is 0 Å². The van der Waals surface area contributed by atoms with Crippen molar-refractivity contribution in [3.05, 3.63) is 0 Å². The summed E-state index contributed by atoms with van der Waals surface area (Å²) >= 11 is 0. The van der Waals surface area contributed by atoms with Gasteiger partial charge in [-0.05, 0) is 41.0 Å². The van der Waals surface area contributed by atoms with Crippen molar-refractivity contribution in [3.8, 4) is 0 Å². The molecule has 4 heteroatoms. The molecule has 2 N–H and O–H groups in total. The van der Waals surface area contributed by atoms with Crippen LogP contribution in [-0.4, -0.2) is 38.3 Å². The zero-order valence-electron chi connectivity index (χ0n) is 12.3. The van der Waals surface area contributed by atoms with Crippen LogP contribution in [0.4, 0.5) is 0 Å². The Bertz CT molecular complexity index is 250. The first kappa shape index (κ1) is 16.4. The van der Waals surface area contributed by atoms with Crippen molar-refractivity contribution in [1.82, 2.24) is 10.6 Å². The van der Waals surface area contributed by atoms with Crippen molar-refractivity contribution in [1.29, 1.82) is 0 Å². The van der Waals surface area contributed by atoms with Gasteiger partial charge in [0.2, 0.25) is 5.91 Å². The van der Waals surface area contributed by atoms with E-state index in [1.54, 1.807) is 14.2 Å². The second-order valence-electron chi connectivity index (χ2n) is 5.91. The van der Waals surface area contributed by atoms with Gasteiger partial charge in [0, 0.05) is 26.7 Å². The van der Waals surface area contributed by atoms with Crippen LogP contribution in [0.3, 0.4) is 0 Å². The molecule has 17 heavy (non-hydrogen) atoms. The van der Waals surface area contributed by atoms with Gasteiger partial charge in [-0.25, -0.2) is 0 Å². The molecule has 0 saturated heterocycles. The van der Waals surface area contributed by atoms with Crippen LogP contribution in [0.25, 0.3) is 0 Å². The van der Waals surface area contributed by atoms with E-state index in [0.29, 0.717) is 12.6 Å². The van der Waals surface area contributed by atoms with Crippen LogP contribution in [-0.2, 0) is 9.53 Å². The number of nitrogens with one attached hydrogen (secondary N) is 2. The van der Waals surface area contributed by atoms with Gasteiger partial charge in [0.15, 0.2) is 0 Å². The third-order valence-corrected chi connectivity index (χ3v) is 3.08. The Morgan fingerprint density at radius 1 is 1.29 bits per heavy atom. The van der Waals surface area contributed by atoms with Gasteiger partial charge < -0.3 is 15.4 Å². The van der Waals surface area contributed by atoms with Crippen LogP contribution < -0.4 is 10.6 Å². The summed E-state index contributed by atoms with van der Waals surface area (Å²) < 4.78 is 5.39. The van der Waals surface area contributed by atoms with Crippen molar-refractivity contribution < 1.29 is 9.53 Å². The van der Waals surface area contributed by atoms with Gasteiger partial charge in [-0.15, -0.1) is 0 Å². The van der Waals surface area contributed by atoms with Crippen molar-refractivity contribution in [2.45, 2.75) is 52.7 Å². The smallest absolute Gasteiger partial charge is 0.226 e. The molecule has 0 aliphatic rings. The van der Waals surface area contributed by atoms with E-state index in [-0.39, 0.29) is 16.9 Å². The number of rotatable bonds is 7. The summed E-state index contributed by atoms with van der Waals surface area (Å²) in [4.78, 5) is 11.6. The second kappa shape index (κ2) is 6.36. The molecule has 4 nitrogen and oxygen atoms in total. The summed E-state index contributed by atoms with van der Waals surface area (Å²) in [6, 6.07) is 0.314. The van der Waals surface area contributed by atoms with Crippen molar-refractivity contribution in [2.75, 3.05) is 20.7 Å². The quantitative estimate of drug-likeness (QED) is 0.714. The number of methoxy groups -OCH3 is 1. The zero-order valence-corrected chi connectivity index (χ0v) is 12.3. The fourth-order valence-corrected chi connectivity index (χ4v) is 1.74. The highest BCUT2D eigenvalue weighted by Crippen LogP contribution is 2.17. The van der Waals surface area contributed by atoms with E-state index in [1.807, 2.05) is 13.8 Å². The summed E-state index contributed by atoms with van der Waals surface area (Å²) in [7, 11) is 3.39. The van der Waals surface area contributed by atoms with Crippen molar-refractivity contribution in [2.24, 2.45) is 5.41 Å². The average Bonchev–Trinajstić information content (AvgIpc) is 2.25. The normalized spacial score (nSPS) is 14.5. The van der Waals surface area contributed by atoms with Gasteiger partial charge in [0.25, 0.3) is 0 Å². The van der Waals surface area contributed by atoms with E-state index >= 15 is 0 Å². The Morgan fingerprint density at radius 3 is 2.24 bits per heavy atom. The van der Waals surface area contributed by atoms with E-state index in [1.165, 1.54) is 0 Å². The van der Waals surface area contributed by atoms with Gasteiger partial charge in [-0.1, -0.05) is 0 Å². The number of carbonyl (C=O) groups excluding carboxylic acids is 1. The minimum Gasteiger partial charge on any atom is -0.379 e. The highest BCUT2D eigenvalue weighted by atomic mass is 16.5. The van der Waals surface area contributed by atoms with E-state index in [2.05, 4.69) is 31.4 Å². The predicted molar refractivity (Wildman–Crippen MR) is 71.0 cm³/mol. The number of hydrogen-bond donors (Lipinski definition) is 2. The first-order valence-electron chi connectivity index (χ1n) is 6.15. The fourth-order valence-electron chi connectivity index (χ4n) is 1.74. The molecule has 0 aromatic heterocycles. The maximum absolute atomic E-state index is 11.6. The monoisotopic (exact) mass is 244 g/mol. The first-order chi connectivity index (χ1) is 7.64. The largest absolute Gasteiger partial charge is 0.379 e. The highest BCUT2D eigenvalue weighted by Gasteiger charge is 2.28. The van der Waals surface area contributed by atoms with Gasteiger partial charge in [0.05, 0.1) is 11.0 Å². The number of carbonyl (C=O) groups is 1. The van der Waals surface area contributed by atoms with Gasteiger partial charge >= 0.3 is 0 Å². The molecule has 0 rings (SSSR count). The third-order valence-electron chi connectivity index (χ3n) is 3.08. The minimum absolute atomic E-state index is 0.0585. The lowest BCUT2D eigenvalue weighted by Gasteiger charge is -2.30.